The molecular formula is C16H19F2NO3. The third kappa shape index (κ3) is 3.61. The summed E-state index contributed by atoms with van der Waals surface area (Å²) in [4.78, 5) is 23.0. The van der Waals surface area contributed by atoms with Crippen molar-refractivity contribution in [3.8, 4) is 0 Å². The van der Waals surface area contributed by atoms with Crippen LogP contribution in [0.2, 0.25) is 0 Å². The first kappa shape index (κ1) is 16.4. The van der Waals surface area contributed by atoms with Gasteiger partial charge in [0.25, 0.3) is 0 Å². The number of carboxylic acid groups (broad SMARTS) is 1. The van der Waals surface area contributed by atoms with Crippen LogP contribution in [0.5, 0.6) is 0 Å². The summed E-state index contributed by atoms with van der Waals surface area (Å²) in [5.41, 5.74) is -0.0500. The van der Waals surface area contributed by atoms with Gasteiger partial charge in [0.2, 0.25) is 5.91 Å². The number of carbonyl (C=O) groups is 2. The van der Waals surface area contributed by atoms with Gasteiger partial charge in [0.05, 0.1) is 5.92 Å². The van der Waals surface area contributed by atoms with E-state index in [0.29, 0.717) is 19.3 Å². The summed E-state index contributed by atoms with van der Waals surface area (Å²) in [6.07, 6.45) is 1.57. The highest BCUT2D eigenvalue weighted by Gasteiger charge is 2.46. The molecule has 1 aromatic rings. The maximum Gasteiger partial charge on any atom is 0.308 e. The number of benzene rings is 1. The molecule has 0 saturated heterocycles. The van der Waals surface area contributed by atoms with Crippen LogP contribution in [0.3, 0.4) is 0 Å². The normalized spacial score (nSPS) is 21.2. The Morgan fingerprint density at radius 2 is 2.00 bits per heavy atom. The van der Waals surface area contributed by atoms with Crippen LogP contribution in [0, 0.1) is 23.5 Å². The van der Waals surface area contributed by atoms with E-state index in [0.717, 1.165) is 0 Å². The van der Waals surface area contributed by atoms with Gasteiger partial charge in [0.1, 0.15) is 11.6 Å². The topological polar surface area (TPSA) is 66.4 Å². The largest absolute Gasteiger partial charge is 0.481 e. The molecular weight excluding hydrogens is 292 g/mol. The maximum absolute atomic E-state index is 13.6. The Balaban J connectivity index is 1.92. The molecule has 1 saturated carbocycles. The van der Waals surface area contributed by atoms with Gasteiger partial charge in [-0.15, -0.1) is 0 Å². The quantitative estimate of drug-likeness (QED) is 0.813. The molecule has 1 aliphatic carbocycles. The number of hydrogen-bond acceptors (Lipinski definition) is 2. The minimum Gasteiger partial charge on any atom is -0.481 e. The lowest BCUT2D eigenvalue weighted by Gasteiger charge is -2.12. The summed E-state index contributed by atoms with van der Waals surface area (Å²) in [5.74, 6) is -4.15. The van der Waals surface area contributed by atoms with E-state index in [1.807, 2.05) is 6.92 Å². The smallest absolute Gasteiger partial charge is 0.308 e. The van der Waals surface area contributed by atoms with Crippen LogP contribution in [-0.4, -0.2) is 23.5 Å². The van der Waals surface area contributed by atoms with E-state index in [9.17, 15) is 18.4 Å². The highest BCUT2D eigenvalue weighted by molar-refractivity contribution is 5.83. The van der Waals surface area contributed by atoms with Gasteiger partial charge >= 0.3 is 5.97 Å². The molecule has 0 aromatic heterocycles. The highest BCUT2D eigenvalue weighted by Crippen LogP contribution is 2.49. The van der Waals surface area contributed by atoms with Crippen LogP contribution in [0.1, 0.15) is 37.7 Å². The van der Waals surface area contributed by atoms with Crippen molar-refractivity contribution in [3.05, 3.63) is 35.4 Å². The van der Waals surface area contributed by atoms with Crippen molar-refractivity contribution in [1.82, 2.24) is 5.32 Å². The van der Waals surface area contributed by atoms with Crippen LogP contribution >= 0.6 is 0 Å². The zero-order valence-corrected chi connectivity index (χ0v) is 12.3. The zero-order valence-electron chi connectivity index (χ0n) is 12.3. The number of carbonyl (C=O) groups excluding carboxylic acids is 1. The molecule has 2 N–H and O–H groups in total. The van der Waals surface area contributed by atoms with E-state index in [1.54, 1.807) is 0 Å². The molecule has 0 bridgehead atoms. The molecule has 1 aliphatic rings. The molecule has 2 rings (SSSR count). The lowest BCUT2D eigenvalue weighted by atomic mass is 10.0. The van der Waals surface area contributed by atoms with Gasteiger partial charge < -0.3 is 10.4 Å². The van der Waals surface area contributed by atoms with Crippen molar-refractivity contribution >= 4 is 11.9 Å². The molecule has 120 valence electrons. The predicted molar refractivity (Wildman–Crippen MR) is 76.2 cm³/mol. The SMILES string of the molecule is CCCC(CNC(=O)C1CC1c1c(F)cccc1F)C(=O)O. The predicted octanol–water partition coefficient (Wildman–Crippen LogP) is 2.69. The van der Waals surface area contributed by atoms with Crippen LogP contribution in [0.25, 0.3) is 0 Å². The third-order valence-corrected chi connectivity index (χ3v) is 4.01. The summed E-state index contributed by atoms with van der Waals surface area (Å²) < 4.78 is 27.3. The van der Waals surface area contributed by atoms with Crippen molar-refractivity contribution < 1.29 is 23.5 Å². The van der Waals surface area contributed by atoms with Gasteiger partial charge in [0, 0.05) is 23.9 Å². The van der Waals surface area contributed by atoms with Crippen molar-refractivity contribution in [2.75, 3.05) is 6.54 Å². The van der Waals surface area contributed by atoms with Gasteiger partial charge in [-0.1, -0.05) is 19.4 Å². The molecule has 3 atom stereocenters. The van der Waals surface area contributed by atoms with Crippen LogP contribution in [0.4, 0.5) is 8.78 Å². The third-order valence-electron chi connectivity index (χ3n) is 4.01. The zero-order chi connectivity index (χ0) is 16.3. The summed E-state index contributed by atoms with van der Waals surface area (Å²) in [7, 11) is 0. The first-order valence-corrected chi connectivity index (χ1v) is 7.40. The molecule has 0 aliphatic heterocycles. The van der Waals surface area contributed by atoms with Gasteiger partial charge in [-0.25, -0.2) is 8.78 Å². The average Bonchev–Trinajstić information content (AvgIpc) is 3.23. The van der Waals surface area contributed by atoms with E-state index in [2.05, 4.69) is 5.32 Å². The minimum absolute atomic E-state index is 0.0466. The lowest BCUT2D eigenvalue weighted by Crippen LogP contribution is -2.34. The average molecular weight is 311 g/mol. The first-order chi connectivity index (χ1) is 10.5. The molecule has 1 fully saturated rings. The number of amides is 1. The Morgan fingerprint density at radius 3 is 2.55 bits per heavy atom. The summed E-state index contributed by atoms with van der Waals surface area (Å²) in [6, 6.07) is 3.63. The monoisotopic (exact) mass is 311 g/mol. The number of halogens is 2. The summed E-state index contributed by atoms with van der Waals surface area (Å²) in [6.45, 7) is 1.92. The molecule has 1 aromatic carbocycles. The van der Waals surface area contributed by atoms with E-state index < -0.39 is 35.4 Å². The van der Waals surface area contributed by atoms with Crippen LogP contribution < -0.4 is 5.32 Å². The number of hydrogen-bond donors (Lipinski definition) is 2. The fourth-order valence-corrected chi connectivity index (χ4v) is 2.68. The van der Waals surface area contributed by atoms with Crippen molar-refractivity contribution in [2.45, 2.75) is 32.1 Å². The summed E-state index contributed by atoms with van der Waals surface area (Å²) >= 11 is 0. The number of carboxylic acids is 1. The standard InChI is InChI=1S/C16H19F2NO3/c1-2-4-9(16(21)22)8-19-15(20)11-7-10(11)14-12(17)5-3-6-13(14)18/h3,5-6,9-11H,2,4,7-8H2,1H3,(H,19,20)(H,21,22). The van der Waals surface area contributed by atoms with Crippen LogP contribution in [-0.2, 0) is 9.59 Å². The molecule has 0 spiro atoms. The van der Waals surface area contributed by atoms with E-state index in [-0.39, 0.29) is 18.0 Å². The Kier molecular flexibility index (Phi) is 5.11. The van der Waals surface area contributed by atoms with Gasteiger partial charge in [0.15, 0.2) is 0 Å². The summed E-state index contributed by atoms with van der Waals surface area (Å²) in [5, 5.41) is 11.6. The van der Waals surface area contributed by atoms with Crippen molar-refractivity contribution in [3.63, 3.8) is 0 Å². The molecule has 22 heavy (non-hydrogen) atoms. The Bertz CT molecular complexity index is 556. The minimum atomic E-state index is -0.949. The second-order valence-corrected chi connectivity index (χ2v) is 5.65. The molecule has 4 nitrogen and oxygen atoms in total. The van der Waals surface area contributed by atoms with Gasteiger partial charge in [-0.05, 0) is 25.0 Å². The Labute approximate surface area is 127 Å². The molecule has 0 heterocycles. The second-order valence-electron chi connectivity index (χ2n) is 5.65. The van der Waals surface area contributed by atoms with Gasteiger partial charge in [-0.2, -0.15) is 0 Å². The maximum atomic E-state index is 13.6. The molecule has 0 radical (unpaired) electrons. The van der Waals surface area contributed by atoms with E-state index in [4.69, 9.17) is 5.11 Å². The number of rotatable bonds is 7. The van der Waals surface area contributed by atoms with Crippen molar-refractivity contribution in [1.29, 1.82) is 0 Å². The highest BCUT2D eigenvalue weighted by atomic mass is 19.1. The molecule has 6 heteroatoms. The van der Waals surface area contributed by atoms with Gasteiger partial charge in [-0.3, -0.25) is 9.59 Å². The second kappa shape index (κ2) is 6.85. The molecule has 3 unspecified atom stereocenters. The van der Waals surface area contributed by atoms with E-state index in [1.165, 1.54) is 18.2 Å². The fourth-order valence-electron chi connectivity index (χ4n) is 2.68. The Morgan fingerprint density at radius 1 is 1.36 bits per heavy atom. The first-order valence-electron chi connectivity index (χ1n) is 7.40. The Hall–Kier alpha value is -1.98. The fraction of sp³-hybridized carbons (Fsp3) is 0.500. The lowest BCUT2D eigenvalue weighted by molar-refractivity contribution is -0.142. The van der Waals surface area contributed by atoms with Crippen molar-refractivity contribution in [2.24, 2.45) is 11.8 Å². The van der Waals surface area contributed by atoms with Crippen LogP contribution in [0.15, 0.2) is 18.2 Å². The molecule has 1 amide bonds. The van der Waals surface area contributed by atoms with E-state index >= 15 is 0 Å². The number of nitrogens with one attached hydrogen (secondary N) is 1. The number of aliphatic carboxylic acids is 1.